The third kappa shape index (κ3) is 4.12. The van der Waals surface area contributed by atoms with Gasteiger partial charge in [-0.1, -0.05) is 35.9 Å². The van der Waals surface area contributed by atoms with E-state index in [1.165, 1.54) is 11.1 Å². The monoisotopic (exact) mass is 369 g/mol. The molecular weight excluding hydrogens is 346 g/mol. The molecule has 4 aromatic rings. The van der Waals surface area contributed by atoms with Crippen LogP contribution in [0.2, 0.25) is 0 Å². The summed E-state index contributed by atoms with van der Waals surface area (Å²) in [6.07, 6.45) is 1.74. The average molecular weight is 369 g/mol. The van der Waals surface area contributed by atoms with Crippen LogP contribution in [0, 0.1) is 13.8 Å². The number of aromatic nitrogens is 2. The summed E-state index contributed by atoms with van der Waals surface area (Å²) in [5, 5.41) is 2.94. The Morgan fingerprint density at radius 1 is 0.893 bits per heavy atom. The van der Waals surface area contributed by atoms with Gasteiger partial charge in [-0.15, -0.1) is 0 Å². The first kappa shape index (κ1) is 18.0. The van der Waals surface area contributed by atoms with Crippen molar-refractivity contribution in [3.05, 3.63) is 94.8 Å². The van der Waals surface area contributed by atoms with Crippen molar-refractivity contribution in [2.75, 3.05) is 5.32 Å². The summed E-state index contributed by atoms with van der Waals surface area (Å²) < 4.78 is 0. The van der Waals surface area contributed by atoms with Crippen LogP contribution >= 0.6 is 0 Å². The van der Waals surface area contributed by atoms with Crippen LogP contribution in [0.4, 0.5) is 5.69 Å². The van der Waals surface area contributed by atoms with E-state index in [-0.39, 0.29) is 5.91 Å². The molecule has 1 heterocycles. The molecule has 0 saturated heterocycles. The molecule has 0 unspecified atom stereocenters. The maximum Gasteiger partial charge on any atom is 0.255 e. The molecule has 140 valence electrons. The van der Waals surface area contributed by atoms with Gasteiger partial charge in [0.1, 0.15) is 5.82 Å². The molecule has 28 heavy (non-hydrogen) atoms. The second-order valence-corrected chi connectivity index (χ2v) is 7.22. The minimum atomic E-state index is -0.0923. The number of fused-ring (bicyclic) bond motifs is 1. The van der Waals surface area contributed by atoms with Crippen LogP contribution in [-0.2, 0) is 12.8 Å². The number of hydrogen-bond acceptors (Lipinski definition) is 2. The number of aromatic amines is 1. The quantitative estimate of drug-likeness (QED) is 0.507. The molecule has 1 aromatic heterocycles. The van der Waals surface area contributed by atoms with Crippen LogP contribution in [0.25, 0.3) is 11.0 Å². The van der Waals surface area contributed by atoms with E-state index in [0.29, 0.717) is 5.56 Å². The summed E-state index contributed by atoms with van der Waals surface area (Å²) in [4.78, 5) is 20.4. The predicted molar refractivity (Wildman–Crippen MR) is 114 cm³/mol. The summed E-state index contributed by atoms with van der Waals surface area (Å²) >= 11 is 0. The van der Waals surface area contributed by atoms with Crippen molar-refractivity contribution in [3.63, 3.8) is 0 Å². The molecule has 0 aliphatic heterocycles. The van der Waals surface area contributed by atoms with Crippen LogP contribution in [0.15, 0.2) is 66.7 Å². The van der Waals surface area contributed by atoms with E-state index in [1.807, 2.05) is 43.3 Å². The first-order valence-electron chi connectivity index (χ1n) is 9.49. The van der Waals surface area contributed by atoms with Crippen LogP contribution < -0.4 is 5.32 Å². The minimum absolute atomic E-state index is 0.0923. The Balaban J connectivity index is 1.37. The number of H-pyrrole nitrogens is 1. The number of anilines is 1. The normalized spacial score (nSPS) is 10.9. The number of nitrogens with zero attached hydrogens (tertiary/aromatic N) is 1. The zero-order valence-corrected chi connectivity index (χ0v) is 16.1. The number of aryl methyl sites for hydroxylation is 4. The lowest BCUT2D eigenvalue weighted by Gasteiger charge is -2.07. The number of benzene rings is 3. The fraction of sp³-hybridized carbons (Fsp3) is 0.167. The SMILES string of the molecule is Cc1ccc(C(=O)Nc2ccc(CCc3nc4ccc(C)cc4[nH]3)cc2)cc1. The Bertz CT molecular complexity index is 1110. The fourth-order valence-electron chi connectivity index (χ4n) is 3.22. The smallest absolute Gasteiger partial charge is 0.255 e. The van der Waals surface area contributed by atoms with E-state index in [1.54, 1.807) is 0 Å². The van der Waals surface area contributed by atoms with Crippen molar-refractivity contribution >= 4 is 22.6 Å². The lowest BCUT2D eigenvalue weighted by atomic mass is 10.1. The van der Waals surface area contributed by atoms with Gasteiger partial charge in [0.25, 0.3) is 5.91 Å². The van der Waals surface area contributed by atoms with Crippen molar-refractivity contribution in [2.24, 2.45) is 0 Å². The molecular formula is C24H23N3O. The standard InChI is InChI=1S/C24H23N3O/c1-16-3-9-19(10-4-16)24(28)25-20-11-6-18(7-12-20)8-14-23-26-21-13-5-17(2)15-22(21)27-23/h3-7,9-13,15H,8,14H2,1-2H3,(H,25,28)(H,26,27). The maximum absolute atomic E-state index is 12.3. The number of carbonyl (C=O) groups is 1. The summed E-state index contributed by atoms with van der Waals surface area (Å²) in [7, 11) is 0. The maximum atomic E-state index is 12.3. The van der Waals surface area contributed by atoms with Gasteiger partial charge in [-0.05, 0) is 67.8 Å². The van der Waals surface area contributed by atoms with Crippen molar-refractivity contribution in [1.82, 2.24) is 9.97 Å². The van der Waals surface area contributed by atoms with Gasteiger partial charge in [0.15, 0.2) is 0 Å². The number of hydrogen-bond donors (Lipinski definition) is 2. The highest BCUT2D eigenvalue weighted by Crippen LogP contribution is 2.16. The van der Waals surface area contributed by atoms with Crippen LogP contribution in [0.3, 0.4) is 0 Å². The van der Waals surface area contributed by atoms with Crippen LogP contribution in [-0.4, -0.2) is 15.9 Å². The minimum Gasteiger partial charge on any atom is -0.342 e. The Morgan fingerprint density at radius 3 is 2.36 bits per heavy atom. The second kappa shape index (κ2) is 7.69. The van der Waals surface area contributed by atoms with E-state index >= 15 is 0 Å². The zero-order chi connectivity index (χ0) is 19.5. The molecule has 3 aromatic carbocycles. The van der Waals surface area contributed by atoms with Gasteiger partial charge in [-0.3, -0.25) is 4.79 Å². The third-order valence-corrected chi connectivity index (χ3v) is 4.86. The lowest BCUT2D eigenvalue weighted by molar-refractivity contribution is 0.102. The highest BCUT2D eigenvalue weighted by molar-refractivity contribution is 6.04. The first-order valence-corrected chi connectivity index (χ1v) is 9.49. The van der Waals surface area contributed by atoms with Crippen molar-refractivity contribution in [2.45, 2.75) is 26.7 Å². The van der Waals surface area contributed by atoms with Gasteiger partial charge in [0.2, 0.25) is 0 Å². The first-order chi connectivity index (χ1) is 13.6. The number of carbonyl (C=O) groups excluding carboxylic acids is 1. The molecule has 4 nitrogen and oxygen atoms in total. The molecule has 0 aliphatic carbocycles. The summed E-state index contributed by atoms with van der Waals surface area (Å²) in [6, 6.07) is 21.8. The van der Waals surface area contributed by atoms with Crippen LogP contribution in [0.5, 0.6) is 0 Å². The zero-order valence-electron chi connectivity index (χ0n) is 16.1. The molecule has 0 atom stereocenters. The van der Waals surface area contributed by atoms with Crippen molar-refractivity contribution in [1.29, 1.82) is 0 Å². The average Bonchev–Trinajstić information content (AvgIpc) is 3.10. The van der Waals surface area contributed by atoms with Gasteiger partial charge in [-0.2, -0.15) is 0 Å². The van der Waals surface area contributed by atoms with E-state index < -0.39 is 0 Å². The molecule has 4 rings (SSSR count). The third-order valence-electron chi connectivity index (χ3n) is 4.86. The molecule has 0 radical (unpaired) electrons. The molecule has 1 amide bonds. The Morgan fingerprint density at radius 2 is 1.61 bits per heavy atom. The van der Waals surface area contributed by atoms with E-state index in [4.69, 9.17) is 0 Å². The number of nitrogens with one attached hydrogen (secondary N) is 2. The van der Waals surface area contributed by atoms with Crippen LogP contribution in [0.1, 0.15) is 32.9 Å². The number of amides is 1. The predicted octanol–water partition coefficient (Wildman–Crippen LogP) is 5.22. The topological polar surface area (TPSA) is 57.8 Å². The molecule has 0 aliphatic rings. The molecule has 2 N–H and O–H groups in total. The molecule has 4 heteroatoms. The van der Waals surface area contributed by atoms with E-state index in [2.05, 4.69) is 52.5 Å². The summed E-state index contributed by atoms with van der Waals surface area (Å²) in [5.74, 6) is 0.905. The highest BCUT2D eigenvalue weighted by Gasteiger charge is 2.07. The highest BCUT2D eigenvalue weighted by atomic mass is 16.1. The molecule has 0 bridgehead atoms. The summed E-state index contributed by atoms with van der Waals surface area (Å²) in [5.41, 5.74) is 7.14. The van der Waals surface area contributed by atoms with Crippen molar-refractivity contribution < 1.29 is 4.79 Å². The number of rotatable bonds is 5. The lowest BCUT2D eigenvalue weighted by Crippen LogP contribution is -2.11. The molecule has 0 saturated carbocycles. The summed E-state index contributed by atoms with van der Waals surface area (Å²) in [6.45, 7) is 4.09. The fourth-order valence-corrected chi connectivity index (χ4v) is 3.22. The van der Waals surface area contributed by atoms with Gasteiger partial charge in [0.05, 0.1) is 11.0 Å². The largest absolute Gasteiger partial charge is 0.342 e. The van der Waals surface area contributed by atoms with Gasteiger partial charge < -0.3 is 10.3 Å². The van der Waals surface area contributed by atoms with Gasteiger partial charge in [-0.25, -0.2) is 4.98 Å². The number of imidazole rings is 1. The second-order valence-electron chi connectivity index (χ2n) is 7.22. The van der Waals surface area contributed by atoms with Gasteiger partial charge >= 0.3 is 0 Å². The Hall–Kier alpha value is -3.40. The van der Waals surface area contributed by atoms with E-state index in [0.717, 1.165) is 41.0 Å². The van der Waals surface area contributed by atoms with Crippen molar-refractivity contribution in [3.8, 4) is 0 Å². The Kier molecular flexibility index (Phi) is 4.94. The van der Waals surface area contributed by atoms with E-state index in [9.17, 15) is 4.79 Å². The Labute approximate surface area is 164 Å². The molecule has 0 fully saturated rings. The van der Waals surface area contributed by atoms with Gasteiger partial charge in [0, 0.05) is 17.7 Å². The molecule has 0 spiro atoms.